The minimum Gasteiger partial charge on any atom is -0.347 e. The second kappa shape index (κ2) is 8.31. The molecule has 2 saturated heterocycles. The minimum atomic E-state index is -0.203. The van der Waals surface area contributed by atoms with Crippen molar-refractivity contribution in [3.05, 3.63) is 30.3 Å². The van der Waals surface area contributed by atoms with E-state index in [2.05, 4.69) is 10.2 Å². The fourth-order valence-electron chi connectivity index (χ4n) is 3.65. The van der Waals surface area contributed by atoms with Crippen molar-refractivity contribution in [2.45, 2.75) is 25.8 Å². The molecule has 3 rings (SSSR count). The molecule has 7 nitrogen and oxygen atoms in total. The maximum Gasteiger partial charge on any atom is 0.244 e. The summed E-state index contributed by atoms with van der Waals surface area (Å²) in [6.45, 7) is 4.75. The van der Waals surface area contributed by atoms with Crippen LogP contribution in [0.1, 0.15) is 19.8 Å². The lowest BCUT2D eigenvalue weighted by Gasteiger charge is -2.42. The van der Waals surface area contributed by atoms with E-state index in [1.54, 1.807) is 4.90 Å². The lowest BCUT2D eigenvalue weighted by Crippen LogP contribution is -2.59. The Morgan fingerprint density at radius 1 is 1.08 bits per heavy atom. The van der Waals surface area contributed by atoms with Crippen molar-refractivity contribution in [2.75, 3.05) is 44.2 Å². The van der Waals surface area contributed by atoms with Gasteiger partial charge in [0, 0.05) is 45.3 Å². The van der Waals surface area contributed by atoms with Crippen molar-refractivity contribution >= 4 is 23.4 Å². The molecule has 2 heterocycles. The topological polar surface area (TPSA) is 73.0 Å². The summed E-state index contributed by atoms with van der Waals surface area (Å²) in [6, 6.07) is 9.68. The normalized spacial score (nSPS) is 21.6. The molecule has 0 bridgehead atoms. The first-order chi connectivity index (χ1) is 12.6. The van der Waals surface area contributed by atoms with Crippen molar-refractivity contribution in [1.29, 1.82) is 0 Å². The lowest BCUT2D eigenvalue weighted by atomic mass is 10.0. The maximum atomic E-state index is 13.0. The number of amides is 3. The SMILES string of the molecule is CC(=O)NCC(=O)N1CCN(C2CCCN(c3ccccc3)C2=O)CC1. The Morgan fingerprint density at radius 2 is 1.77 bits per heavy atom. The third-order valence-corrected chi connectivity index (χ3v) is 5.07. The van der Waals surface area contributed by atoms with Gasteiger partial charge in [-0.05, 0) is 25.0 Å². The zero-order valence-electron chi connectivity index (χ0n) is 15.2. The van der Waals surface area contributed by atoms with Crippen LogP contribution in [0.15, 0.2) is 30.3 Å². The number of para-hydroxylation sites is 1. The number of nitrogens with zero attached hydrogens (tertiary/aromatic N) is 3. The number of anilines is 1. The van der Waals surface area contributed by atoms with Crippen molar-refractivity contribution < 1.29 is 14.4 Å². The number of benzene rings is 1. The first-order valence-electron chi connectivity index (χ1n) is 9.19. The highest BCUT2D eigenvalue weighted by molar-refractivity contribution is 5.98. The van der Waals surface area contributed by atoms with Crippen LogP contribution >= 0.6 is 0 Å². The molecule has 0 aliphatic carbocycles. The van der Waals surface area contributed by atoms with E-state index in [1.165, 1.54) is 6.92 Å². The molecular weight excluding hydrogens is 332 g/mol. The Labute approximate surface area is 153 Å². The molecule has 1 aromatic rings. The largest absolute Gasteiger partial charge is 0.347 e. The van der Waals surface area contributed by atoms with E-state index in [1.807, 2.05) is 35.2 Å². The molecule has 2 aliphatic heterocycles. The average molecular weight is 358 g/mol. The summed E-state index contributed by atoms with van der Waals surface area (Å²) in [5, 5.41) is 2.54. The van der Waals surface area contributed by atoms with Crippen LogP contribution in [0.5, 0.6) is 0 Å². The van der Waals surface area contributed by atoms with Crippen molar-refractivity contribution in [3.8, 4) is 0 Å². The average Bonchev–Trinajstić information content (AvgIpc) is 2.67. The first kappa shape index (κ1) is 18.4. The Balaban J connectivity index is 1.56. The molecule has 3 amide bonds. The number of nitrogens with one attached hydrogen (secondary N) is 1. The quantitative estimate of drug-likeness (QED) is 0.849. The zero-order valence-corrected chi connectivity index (χ0v) is 15.2. The second-order valence-corrected chi connectivity index (χ2v) is 6.81. The van der Waals surface area contributed by atoms with Gasteiger partial charge in [-0.2, -0.15) is 0 Å². The monoisotopic (exact) mass is 358 g/mol. The van der Waals surface area contributed by atoms with Gasteiger partial charge in [0.2, 0.25) is 17.7 Å². The molecule has 7 heteroatoms. The van der Waals surface area contributed by atoms with Crippen LogP contribution in [0.2, 0.25) is 0 Å². The van der Waals surface area contributed by atoms with Crippen LogP contribution < -0.4 is 10.2 Å². The smallest absolute Gasteiger partial charge is 0.244 e. The van der Waals surface area contributed by atoms with Gasteiger partial charge in [0.15, 0.2) is 0 Å². The third-order valence-electron chi connectivity index (χ3n) is 5.07. The molecule has 1 atom stereocenters. The molecule has 1 aromatic carbocycles. The maximum absolute atomic E-state index is 13.0. The summed E-state index contributed by atoms with van der Waals surface area (Å²) in [4.78, 5) is 41.9. The number of piperidine rings is 1. The Hall–Kier alpha value is -2.41. The van der Waals surface area contributed by atoms with Gasteiger partial charge in [-0.25, -0.2) is 0 Å². The van der Waals surface area contributed by atoms with Crippen LogP contribution in [-0.4, -0.2) is 72.8 Å². The summed E-state index contributed by atoms with van der Waals surface area (Å²) in [6.07, 6.45) is 1.84. The molecule has 0 saturated carbocycles. The highest BCUT2D eigenvalue weighted by Gasteiger charge is 2.35. The van der Waals surface area contributed by atoms with Gasteiger partial charge in [-0.1, -0.05) is 18.2 Å². The van der Waals surface area contributed by atoms with Gasteiger partial charge >= 0.3 is 0 Å². The van der Waals surface area contributed by atoms with Gasteiger partial charge in [0.1, 0.15) is 0 Å². The number of rotatable bonds is 4. The van der Waals surface area contributed by atoms with Crippen LogP contribution in [0, 0.1) is 0 Å². The molecule has 0 aromatic heterocycles. The Bertz CT molecular complexity index is 656. The Kier molecular flexibility index (Phi) is 5.88. The zero-order chi connectivity index (χ0) is 18.5. The van der Waals surface area contributed by atoms with E-state index in [4.69, 9.17) is 0 Å². The van der Waals surface area contributed by atoms with Crippen molar-refractivity contribution in [1.82, 2.24) is 15.1 Å². The molecule has 1 N–H and O–H groups in total. The summed E-state index contributed by atoms with van der Waals surface area (Å²) < 4.78 is 0. The highest BCUT2D eigenvalue weighted by atomic mass is 16.2. The number of carbonyl (C=O) groups excluding carboxylic acids is 3. The first-order valence-corrected chi connectivity index (χ1v) is 9.19. The molecular formula is C19H26N4O3. The van der Waals surface area contributed by atoms with Crippen molar-refractivity contribution in [2.24, 2.45) is 0 Å². The lowest BCUT2D eigenvalue weighted by molar-refractivity contribution is -0.135. The fourth-order valence-corrected chi connectivity index (χ4v) is 3.65. The minimum absolute atomic E-state index is 0.0411. The van der Waals surface area contributed by atoms with E-state index < -0.39 is 0 Å². The van der Waals surface area contributed by atoms with E-state index >= 15 is 0 Å². The third kappa shape index (κ3) is 4.22. The van der Waals surface area contributed by atoms with Crippen LogP contribution in [0.4, 0.5) is 5.69 Å². The predicted molar refractivity (Wildman–Crippen MR) is 98.7 cm³/mol. The van der Waals surface area contributed by atoms with Gasteiger partial charge in [-0.3, -0.25) is 19.3 Å². The molecule has 0 radical (unpaired) electrons. The van der Waals surface area contributed by atoms with E-state index in [0.717, 1.165) is 25.1 Å². The number of hydrogen-bond acceptors (Lipinski definition) is 4. The number of piperazine rings is 1. The summed E-state index contributed by atoms with van der Waals surface area (Å²) >= 11 is 0. The molecule has 2 aliphatic rings. The molecule has 140 valence electrons. The molecule has 2 fully saturated rings. The van der Waals surface area contributed by atoms with Crippen molar-refractivity contribution in [3.63, 3.8) is 0 Å². The summed E-state index contributed by atoms with van der Waals surface area (Å²) in [5.74, 6) is -0.119. The predicted octanol–water partition coefficient (Wildman–Crippen LogP) is 0.462. The van der Waals surface area contributed by atoms with Crippen LogP contribution in [-0.2, 0) is 14.4 Å². The molecule has 26 heavy (non-hydrogen) atoms. The molecule has 0 spiro atoms. The van der Waals surface area contributed by atoms with Gasteiger partial charge in [-0.15, -0.1) is 0 Å². The number of hydrogen-bond donors (Lipinski definition) is 1. The molecule has 1 unspecified atom stereocenters. The number of carbonyl (C=O) groups is 3. The van der Waals surface area contributed by atoms with Crippen LogP contribution in [0.3, 0.4) is 0 Å². The fraction of sp³-hybridized carbons (Fsp3) is 0.526. The summed E-state index contributed by atoms with van der Waals surface area (Å²) in [5.41, 5.74) is 0.950. The van der Waals surface area contributed by atoms with E-state index in [0.29, 0.717) is 26.2 Å². The standard InChI is InChI=1S/C19H26N4O3/c1-15(24)20-14-18(25)22-12-10-21(11-13-22)17-8-5-9-23(19(17)26)16-6-3-2-4-7-16/h2-4,6-7,17H,5,8-14H2,1H3,(H,20,24). The van der Waals surface area contributed by atoms with Gasteiger partial charge < -0.3 is 15.1 Å². The van der Waals surface area contributed by atoms with Crippen LogP contribution in [0.25, 0.3) is 0 Å². The van der Waals surface area contributed by atoms with E-state index in [-0.39, 0.29) is 30.3 Å². The van der Waals surface area contributed by atoms with Gasteiger partial charge in [0.25, 0.3) is 0 Å². The second-order valence-electron chi connectivity index (χ2n) is 6.81. The summed E-state index contributed by atoms with van der Waals surface area (Å²) in [7, 11) is 0. The Morgan fingerprint density at radius 3 is 2.42 bits per heavy atom. The van der Waals surface area contributed by atoms with E-state index in [9.17, 15) is 14.4 Å². The highest BCUT2D eigenvalue weighted by Crippen LogP contribution is 2.24. The van der Waals surface area contributed by atoms with Gasteiger partial charge in [0.05, 0.1) is 12.6 Å².